The second kappa shape index (κ2) is 11.0. The number of hydrogen-bond acceptors (Lipinski definition) is 4. The molecule has 0 aliphatic carbocycles. The lowest BCUT2D eigenvalue weighted by atomic mass is 10.1. The Labute approximate surface area is 196 Å². The Balaban J connectivity index is 2.02. The summed E-state index contributed by atoms with van der Waals surface area (Å²) in [4.78, 5) is 13.4. The van der Waals surface area contributed by atoms with Crippen molar-refractivity contribution in [3.8, 4) is 5.75 Å². The van der Waals surface area contributed by atoms with Crippen molar-refractivity contribution in [3.05, 3.63) is 95.6 Å². The number of carbonyl (C=O) groups is 1. The fourth-order valence-electron chi connectivity index (χ4n) is 3.31. The van der Waals surface area contributed by atoms with E-state index in [1.54, 1.807) is 37.3 Å². The lowest BCUT2D eigenvalue weighted by Gasteiger charge is -2.23. The first-order valence-electron chi connectivity index (χ1n) is 11.0. The van der Waals surface area contributed by atoms with E-state index in [2.05, 4.69) is 6.92 Å². The number of amides is 1. The van der Waals surface area contributed by atoms with Crippen LogP contribution in [0.1, 0.15) is 36.5 Å². The summed E-state index contributed by atoms with van der Waals surface area (Å²) in [6.45, 7) is 6.31. The molecule has 0 N–H and O–H groups in total. The van der Waals surface area contributed by atoms with E-state index in [0.29, 0.717) is 29.2 Å². The monoisotopic (exact) mass is 463 g/mol. The Bertz CT molecular complexity index is 1230. The molecule has 0 heterocycles. The van der Waals surface area contributed by atoms with E-state index in [9.17, 15) is 13.2 Å². The number of rotatable bonds is 9. The van der Waals surface area contributed by atoms with E-state index in [1.807, 2.05) is 43.3 Å². The van der Waals surface area contributed by atoms with Gasteiger partial charge in [0.25, 0.3) is 15.9 Å². The molecule has 6 heteroatoms. The molecule has 172 valence electrons. The van der Waals surface area contributed by atoms with Crippen LogP contribution in [0.2, 0.25) is 0 Å². The van der Waals surface area contributed by atoms with Gasteiger partial charge in [0, 0.05) is 11.6 Å². The van der Waals surface area contributed by atoms with Crippen molar-refractivity contribution < 1.29 is 17.9 Å². The number of para-hydroxylation sites is 1. The summed E-state index contributed by atoms with van der Waals surface area (Å²) < 4.78 is 33.8. The molecule has 0 aromatic heterocycles. The minimum atomic E-state index is -4.12. The second-order valence-corrected chi connectivity index (χ2v) is 9.57. The SMILES string of the molecule is CCCCOc1ccccc1/C=C/C(=O)N(c1cc(C)ccc1C)S(=O)(=O)c1ccccc1. The van der Waals surface area contributed by atoms with Gasteiger partial charge in [0.2, 0.25) is 0 Å². The van der Waals surface area contributed by atoms with E-state index in [1.165, 1.54) is 18.2 Å². The molecule has 1 amide bonds. The molecule has 0 atom stereocenters. The fraction of sp³-hybridized carbons (Fsp3) is 0.222. The summed E-state index contributed by atoms with van der Waals surface area (Å²) in [7, 11) is -4.12. The molecular weight excluding hydrogens is 434 g/mol. The lowest BCUT2D eigenvalue weighted by Crippen LogP contribution is -2.36. The normalized spacial score (nSPS) is 11.5. The number of carbonyl (C=O) groups excluding carboxylic acids is 1. The number of aryl methyl sites for hydroxylation is 2. The quantitative estimate of drug-likeness (QED) is 0.292. The van der Waals surface area contributed by atoms with Gasteiger partial charge in [0.1, 0.15) is 5.75 Å². The van der Waals surface area contributed by atoms with Crippen LogP contribution in [0.15, 0.2) is 83.8 Å². The standard InChI is InChI=1S/C27H29NO4S/c1-4-5-19-32-26-14-10-9-11-23(26)17-18-27(29)28(25-20-21(2)15-16-22(25)3)33(30,31)24-12-7-6-8-13-24/h6-18,20H,4-5,19H2,1-3H3/b18-17+. The van der Waals surface area contributed by atoms with Crippen LogP contribution in [0, 0.1) is 13.8 Å². The topological polar surface area (TPSA) is 63.7 Å². The average Bonchev–Trinajstić information content (AvgIpc) is 2.81. The predicted molar refractivity (Wildman–Crippen MR) is 133 cm³/mol. The molecule has 0 fully saturated rings. The van der Waals surface area contributed by atoms with Gasteiger partial charge >= 0.3 is 0 Å². The molecule has 0 unspecified atom stereocenters. The zero-order chi connectivity index (χ0) is 23.8. The van der Waals surface area contributed by atoms with Crippen LogP contribution in [0.4, 0.5) is 5.69 Å². The van der Waals surface area contributed by atoms with Crippen molar-refractivity contribution >= 4 is 27.7 Å². The molecule has 0 aliphatic rings. The Morgan fingerprint density at radius 1 is 0.970 bits per heavy atom. The van der Waals surface area contributed by atoms with Crippen molar-refractivity contribution in [1.82, 2.24) is 0 Å². The summed E-state index contributed by atoms with van der Waals surface area (Å²) in [5, 5.41) is 0. The number of benzene rings is 3. The molecule has 0 radical (unpaired) electrons. The first-order chi connectivity index (χ1) is 15.8. The maximum absolute atomic E-state index is 13.5. The molecular formula is C27H29NO4S. The van der Waals surface area contributed by atoms with Crippen LogP contribution < -0.4 is 9.04 Å². The fourth-order valence-corrected chi connectivity index (χ4v) is 4.77. The van der Waals surface area contributed by atoms with E-state index in [0.717, 1.165) is 22.7 Å². The summed E-state index contributed by atoms with van der Waals surface area (Å²) in [5.41, 5.74) is 2.58. The third kappa shape index (κ3) is 5.90. The van der Waals surface area contributed by atoms with Crippen molar-refractivity contribution in [2.24, 2.45) is 0 Å². The summed E-state index contributed by atoms with van der Waals surface area (Å²) >= 11 is 0. The van der Waals surface area contributed by atoms with Gasteiger partial charge < -0.3 is 4.74 Å². The van der Waals surface area contributed by atoms with Gasteiger partial charge in [0.05, 0.1) is 17.2 Å². The van der Waals surface area contributed by atoms with Gasteiger partial charge in [-0.25, -0.2) is 8.42 Å². The molecule has 33 heavy (non-hydrogen) atoms. The Hall–Kier alpha value is -3.38. The summed E-state index contributed by atoms with van der Waals surface area (Å²) in [6.07, 6.45) is 4.82. The highest BCUT2D eigenvalue weighted by Crippen LogP contribution is 2.29. The molecule has 0 bridgehead atoms. The first-order valence-corrected chi connectivity index (χ1v) is 12.4. The zero-order valence-corrected chi connectivity index (χ0v) is 20.0. The van der Waals surface area contributed by atoms with Crippen LogP contribution in [-0.2, 0) is 14.8 Å². The smallest absolute Gasteiger partial charge is 0.271 e. The van der Waals surface area contributed by atoms with Gasteiger partial charge in [-0.1, -0.05) is 61.9 Å². The summed E-state index contributed by atoms with van der Waals surface area (Å²) in [6, 6.07) is 20.8. The molecule has 3 aromatic rings. The first kappa shape index (κ1) is 24.3. The summed E-state index contributed by atoms with van der Waals surface area (Å²) in [5.74, 6) is -0.00452. The van der Waals surface area contributed by atoms with Gasteiger partial charge in [-0.15, -0.1) is 0 Å². The second-order valence-electron chi connectivity index (χ2n) is 7.78. The average molecular weight is 464 g/mol. The van der Waals surface area contributed by atoms with Gasteiger partial charge in [-0.05, 0) is 61.7 Å². The van der Waals surface area contributed by atoms with Gasteiger partial charge in [-0.3, -0.25) is 4.79 Å². The van der Waals surface area contributed by atoms with Crippen LogP contribution in [0.5, 0.6) is 5.75 Å². The highest BCUT2D eigenvalue weighted by Gasteiger charge is 2.30. The van der Waals surface area contributed by atoms with Gasteiger partial charge in [0.15, 0.2) is 0 Å². The van der Waals surface area contributed by atoms with E-state index in [4.69, 9.17) is 4.74 Å². The lowest BCUT2D eigenvalue weighted by molar-refractivity contribution is -0.113. The molecule has 0 saturated heterocycles. The Kier molecular flexibility index (Phi) is 8.06. The number of nitrogens with zero attached hydrogens (tertiary/aromatic N) is 1. The Morgan fingerprint density at radius 3 is 2.39 bits per heavy atom. The minimum absolute atomic E-state index is 0.0518. The molecule has 0 spiro atoms. The molecule has 5 nitrogen and oxygen atoms in total. The molecule has 3 aromatic carbocycles. The number of hydrogen-bond donors (Lipinski definition) is 0. The van der Waals surface area contributed by atoms with Crippen LogP contribution in [0.3, 0.4) is 0 Å². The van der Waals surface area contributed by atoms with Crippen molar-refractivity contribution in [3.63, 3.8) is 0 Å². The minimum Gasteiger partial charge on any atom is -0.493 e. The van der Waals surface area contributed by atoms with Crippen molar-refractivity contribution in [1.29, 1.82) is 0 Å². The largest absolute Gasteiger partial charge is 0.493 e. The maximum atomic E-state index is 13.5. The molecule has 3 rings (SSSR count). The van der Waals surface area contributed by atoms with Crippen LogP contribution >= 0.6 is 0 Å². The number of anilines is 1. The predicted octanol–water partition coefficient (Wildman–Crippen LogP) is 5.92. The van der Waals surface area contributed by atoms with E-state index >= 15 is 0 Å². The highest BCUT2D eigenvalue weighted by molar-refractivity contribution is 7.93. The zero-order valence-electron chi connectivity index (χ0n) is 19.2. The number of sulfonamides is 1. The maximum Gasteiger partial charge on any atom is 0.271 e. The number of ether oxygens (including phenoxy) is 1. The van der Waals surface area contributed by atoms with Crippen LogP contribution in [0.25, 0.3) is 6.08 Å². The van der Waals surface area contributed by atoms with E-state index < -0.39 is 15.9 Å². The van der Waals surface area contributed by atoms with Gasteiger partial charge in [-0.2, -0.15) is 4.31 Å². The van der Waals surface area contributed by atoms with Crippen LogP contribution in [-0.4, -0.2) is 20.9 Å². The highest BCUT2D eigenvalue weighted by atomic mass is 32.2. The Morgan fingerprint density at radius 2 is 1.67 bits per heavy atom. The molecule has 0 saturated carbocycles. The van der Waals surface area contributed by atoms with Crippen molar-refractivity contribution in [2.75, 3.05) is 10.9 Å². The van der Waals surface area contributed by atoms with E-state index in [-0.39, 0.29) is 4.90 Å². The van der Waals surface area contributed by atoms with Crippen molar-refractivity contribution in [2.45, 2.75) is 38.5 Å². The number of unbranched alkanes of at least 4 members (excludes halogenated alkanes) is 1. The molecule has 0 aliphatic heterocycles. The third-order valence-electron chi connectivity index (χ3n) is 5.14. The third-order valence-corrected chi connectivity index (χ3v) is 6.87.